The minimum absolute atomic E-state index is 0.0360. The summed E-state index contributed by atoms with van der Waals surface area (Å²) in [6, 6.07) is 14.2. The molecule has 44 heavy (non-hydrogen) atoms. The summed E-state index contributed by atoms with van der Waals surface area (Å²) in [5.74, 6) is -1.36. The highest BCUT2D eigenvalue weighted by molar-refractivity contribution is 9.10. The third-order valence-electron chi connectivity index (χ3n) is 8.90. The molecule has 3 aliphatic rings. The lowest BCUT2D eigenvalue weighted by molar-refractivity contribution is -0.148. The highest BCUT2D eigenvalue weighted by Crippen LogP contribution is 2.35. The number of sulfonamides is 1. The minimum atomic E-state index is -4.30. The van der Waals surface area contributed by atoms with Crippen molar-refractivity contribution in [1.29, 1.82) is 0 Å². The molecule has 4 heterocycles. The summed E-state index contributed by atoms with van der Waals surface area (Å²) >= 11 is 3.42. The molecule has 0 N–H and O–H groups in total. The van der Waals surface area contributed by atoms with Gasteiger partial charge in [0.05, 0.1) is 18.6 Å². The van der Waals surface area contributed by atoms with E-state index < -0.39 is 34.5 Å². The van der Waals surface area contributed by atoms with Crippen molar-refractivity contribution < 1.29 is 27.5 Å². The molecule has 2 bridgehead atoms. The monoisotopic (exact) mass is 684 g/mol. The molecule has 0 saturated carbocycles. The molecule has 0 radical (unpaired) electrons. The van der Waals surface area contributed by atoms with Crippen LogP contribution in [0.25, 0.3) is 10.8 Å². The summed E-state index contributed by atoms with van der Waals surface area (Å²) in [5, 5.41) is 1.52. The number of amides is 2. The number of carbonyl (C=O) groups excluding carboxylic acids is 3. The Balaban J connectivity index is 1.22. The Kier molecular flexibility index (Phi) is 8.38. The first-order valence-corrected chi connectivity index (χ1v) is 16.8. The number of ether oxygens (including phenoxy) is 1. The van der Waals surface area contributed by atoms with Gasteiger partial charge in [0.25, 0.3) is 5.56 Å². The van der Waals surface area contributed by atoms with Gasteiger partial charge in [-0.15, -0.1) is 0 Å². The fourth-order valence-electron chi connectivity index (χ4n) is 6.75. The van der Waals surface area contributed by atoms with Gasteiger partial charge in [0.2, 0.25) is 21.8 Å². The Bertz CT molecular complexity index is 1810. The Morgan fingerprint density at radius 1 is 1.02 bits per heavy atom. The van der Waals surface area contributed by atoms with Crippen LogP contribution in [0.15, 0.2) is 68.8 Å². The zero-order valence-corrected chi connectivity index (χ0v) is 26.6. The van der Waals surface area contributed by atoms with Gasteiger partial charge in [-0.25, -0.2) is 8.42 Å². The molecule has 2 fully saturated rings. The molecule has 2 aromatic carbocycles. The van der Waals surface area contributed by atoms with Crippen molar-refractivity contribution >= 4 is 54.5 Å². The molecule has 232 valence electrons. The molecule has 2 saturated heterocycles. The SMILES string of the molecule is COC(=O)CN([C@H]1CCCN(CC(=O)N2CC3C[C@H](C2)Cn2c3cccc2=O)C1=O)S(=O)(=O)c1ccc2cc(Br)ccc2c1. The van der Waals surface area contributed by atoms with Crippen molar-refractivity contribution in [2.24, 2.45) is 5.92 Å². The minimum Gasteiger partial charge on any atom is -0.468 e. The lowest BCUT2D eigenvalue weighted by Gasteiger charge is -2.43. The van der Waals surface area contributed by atoms with Gasteiger partial charge in [-0.1, -0.05) is 34.1 Å². The molecule has 0 spiro atoms. The van der Waals surface area contributed by atoms with Crippen LogP contribution in [0.5, 0.6) is 0 Å². The van der Waals surface area contributed by atoms with E-state index in [0.29, 0.717) is 38.0 Å². The predicted molar refractivity (Wildman–Crippen MR) is 165 cm³/mol. The van der Waals surface area contributed by atoms with Crippen LogP contribution in [0.4, 0.5) is 0 Å². The molecule has 3 aliphatic heterocycles. The van der Waals surface area contributed by atoms with Gasteiger partial charge in [-0.2, -0.15) is 4.31 Å². The molecule has 11 nitrogen and oxygen atoms in total. The predicted octanol–water partition coefficient (Wildman–Crippen LogP) is 2.56. The van der Waals surface area contributed by atoms with Crippen LogP contribution in [-0.4, -0.2) is 90.7 Å². The lowest BCUT2D eigenvalue weighted by atomic mass is 9.83. The number of benzene rings is 2. The summed E-state index contributed by atoms with van der Waals surface area (Å²) < 4.78 is 36.3. The number of methoxy groups -OCH3 is 1. The van der Waals surface area contributed by atoms with Gasteiger partial charge < -0.3 is 19.1 Å². The summed E-state index contributed by atoms with van der Waals surface area (Å²) in [7, 11) is -3.14. The Labute approximate surface area is 263 Å². The summed E-state index contributed by atoms with van der Waals surface area (Å²) in [4.78, 5) is 55.3. The standard InChI is InChI=1S/C31H33BrN4O7S/c1-43-30(39)19-36(44(41,42)25-10-8-21-13-24(32)9-7-22(21)14-25)27-5-3-11-33(31(27)40)18-29(38)34-15-20-12-23(17-34)26-4-2-6-28(37)35(26)16-20/h2,4,6-10,13-14,20,23,27H,3,5,11-12,15-19H2,1H3/t20-,23?,27+/m1/s1. The second-order valence-corrected chi connectivity index (χ2v) is 14.5. The van der Waals surface area contributed by atoms with Crippen LogP contribution in [0.2, 0.25) is 0 Å². The molecule has 0 aliphatic carbocycles. The molecule has 3 atom stereocenters. The van der Waals surface area contributed by atoms with Crippen molar-refractivity contribution in [1.82, 2.24) is 18.7 Å². The van der Waals surface area contributed by atoms with E-state index in [-0.39, 0.29) is 41.2 Å². The van der Waals surface area contributed by atoms with Crippen LogP contribution in [0.1, 0.15) is 30.9 Å². The topological polar surface area (TPSA) is 126 Å². The third-order valence-corrected chi connectivity index (χ3v) is 11.2. The number of aromatic nitrogens is 1. The van der Waals surface area contributed by atoms with Gasteiger partial charge in [0.15, 0.2) is 0 Å². The van der Waals surface area contributed by atoms with E-state index in [0.717, 1.165) is 33.4 Å². The second kappa shape index (κ2) is 12.1. The van der Waals surface area contributed by atoms with E-state index in [1.54, 1.807) is 39.8 Å². The van der Waals surface area contributed by atoms with Crippen molar-refractivity contribution in [2.75, 3.05) is 39.8 Å². The van der Waals surface area contributed by atoms with Gasteiger partial charge >= 0.3 is 5.97 Å². The van der Waals surface area contributed by atoms with E-state index in [1.165, 1.54) is 17.0 Å². The average Bonchev–Trinajstić information content (AvgIpc) is 3.01. The fraction of sp³-hybridized carbons (Fsp3) is 0.419. The first-order valence-electron chi connectivity index (χ1n) is 14.6. The number of piperidine rings is 2. The normalized spacial score (nSPS) is 21.8. The van der Waals surface area contributed by atoms with Gasteiger partial charge in [0.1, 0.15) is 12.6 Å². The van der Waals surface area contributed by atoms with Crippen LogP contribution in [0, 0.1) is 5.92 Å². The van der Waals surface area contributed by atoms with E-state index in [9.17, 15) is 27.6 Å². The van der Waals surface area contributed by atoms with E-state index in [1.807, 2.05) is 12.1 Å². The average molecular weight is 686 g/mol. The summed E-state index contributed by atoms with van der Waals surface area (Å²) in [5.41, 5.74) is 0.885. The van der Waals surface area contributed by atoms with Gasteiger partial charge in [0, 0.05) is 48.3 Å². The van der Waals surface area contributed by atoms with Crippen molar-refractivity contribution in [3.8, 4) is 0 Å². The molecule has 2 amide bonds. The quantitative estimate of drug-likeness (QED) is 0.350. The molecule has 1 unspecified atom stereocenters. The number of halogens is 1. The maximum absolute atomic E-state index is 14.0. The lowest BCUT2D eigenvalue weighted by Crippen LogP contribution is -2.58. The van der Waals surface area contributed by atoms with Crippen LogP contribution in [0.3, 0.4) is 0 Å². The maximum atomic E-state index is 14.0. The molecular weight excluding hydrogens is 652 g/mol. The zero-order valence-electron chi connectivity index (χ0n) is 24.2. The number of fused-ring (bicyclic) bond motifs is 5. The Hall–Kier alpha value is -3.55. The number of carbonyl (C=O) groups is 3. The number of esters is 1. The second-order valence-electron chi connectivity index (χ2n) is 11.7. The van der Waals surface area contributed by atoms with Crippen LogP contribution in [-0.2, 0) is 35.7 Å². The summed E-state index contributed by atoms with van der Waals surface area (Å²) in [6.07, 6.45) is 1.56. The highest BCUT2D eigenvalue weighted by Gasteiger charge is 2.43. The van der Waals surface area contributed by atoms with Crippen molar-refractivity contribution in [3.05, 3.63) is 75.1 Å². The first kappa shape index (κ1) is 30.5. The van der Waals surface area contributed by atoms with Crippen molar-refractivity contribution in [2.45, 2.75) is 42.7 Å². The fourth-order valence-corrected chi connectivity index (χ4v) is 8.72. The Morgan fingerprint density at radius 3 is 2.59 bits per heavy atom. The molecule has 1 aromatic heterocycles. The maximum Gasteiger partial charge on any atom is 0.321 e. The van der Waals surface area contributed by atoms with E-state index in [2.05, 4.69) is 15.9 Å². The number of nitrogens with zero attached hydrogens (tertiary/aromatic N) is 4. The molecular formula is C31H33BrN4O7S. The van der Waals surface area contributed by atoms with Gasteiger partial charge in [-0.3, -0.25) is 19.2 Å². The van der Waals surface area contributed by atoms with Gasteiger partial charge in [-0.05, 0) is 66.3 Å². The number of hydrogen-bond donors (Lipinski definition) is 0. The largest absolute Gasteiger partial charge is 0.468 e. The number of hydrogen-bond acceptors (Lipinski definition) is 7. The van der Waals surface area contributed by atoms with E-state index in [4.69, 9.17) is 4.74 Å². The number of pyridine rings is 1. The Morgan fingerprint density at radius 2 is 1.80 bits per heavy atom. The third kappa shape index (κ3) is 5.80. The highest BCUT2D eigenvalue weighted by atomic mass is 79.9. The summed E-state index contributed by atoms with van der Waals surface area (Å²) in [6.45, 7) is 0.967. The smallest absolute Gasteiger partial charge is 0.321 e. The first-order chi connectivity index (χ1) is 21.0. The van der Waals surface area contributed by atoms with E-state index >= 15 is 0 Å². The van der Waals surface area contributed by atoms with Crippen LogP contribution < -0.4 is 5.56 Å². The van der Waals surface area contributed by atoms with Crippen LogP contribution >= 0.6 is 15.9 Å². The molecule has 3 aromatic rings. The molecule has 13 heteroatoms. The zero-order chi connectivity index (χ0) is 31.2. The number of likely N-dealkylation sites (tertiary alicyclic amines) is 2. The van der Waals surface area contributed by atoms with Crippen molar-refractivity contribution in [3.63, 3.8) is 0 Å². The molecule has 6 rings (SSSR count). The number of rotatable bonds is 7.